The molecule has 1 rings (SSSR count). The quantitative estimate of drug-likeness (QED) is 0.709. The van der Waals surface area contributed by atoms with Crippen molar-refractivity contribution in [3.63, 3.8) is 0 Å². The van der Waals surface area contributed by atoms with Crippen molar-refractivity contribution in [2.75, 3.05) is 26.8 Å². The summed E-state index contributed by atoms with van der Waals surface area (Å²) in [6.45, 7) is 3.89. The summed E-state index contributed by atoms with van der Waals surface area (Å²) in [6, 6.07) is 0.0356. The van der Waals surface area contributed by atoms with Crippen molar-refractivity contribution in [1.29, 1.82) is 0 Å². The van der Waals surface area contributed by atoms with Crippen LogP contribution in [0.4, 0.5) is 0 Å². The third-order valence-corrected chi connectivity index (χ3v) is 2.45. The zero-order valence-electron chi connectivity index (χ0n) is 9.03. The number of likely N-dealkylation sites (N-methyl/N-ethyl adjacent to an activating group) is 1. The summed E-state index contributed by atoms with van der Waals surface area (Å²) in [5.74, 6) is 0.217. The predicted molar refractivity (Wildman–Crippen MR) is 54.8 cm³/mol. The van der Waals surface area contributed by atoms with Gasteiger partial charge in [0.25, 0.3) is 0 Å². The standard InChI is InChI=1S/C10H20N2O2/c1-8(11)6-12(2)10(13)9-4-3-5-14-7-9/h8-9H,3-7,11H2,1-2H3. The minimum absolute atomic E-state index is 0.0356. The molecule has 1 saturated heterocycles. The first-order valence-electron chi connectivity index (χ1n) is 5.19. The van der Waals surface area contributed by atoms with E-state index in [4.69, 9.17) is 10.5 Å². The van der Waals surface area contributed by atoms with Gasteiger partial charge in [0, 0.05) is 26.2 Å². The van der Waals surface area contributed by atoms with Crippen molar-refractivity contribution in [3.8, 4) is 0 Å². The van der Waals surface area contributed by atoms with E-state index in [1.54, 1.807) is 11.9 Å². The third kappa shape index (κ3) is 3.27. The minimum atomic E-state index is 0.0356. The van der Waals surface area contributed by atoms with Crippen molar-refractivity contribution < 1.29 is 9.53 Å². The molecule has 1 aliphatic heterocycles. The van der Waals surface area contributed by atoms with E-state index in [0.29, 0.717) is 13.2 Å². The second-order valence-corrected chi connectivity index (χ2v) is 4.11. The lowest BCUT2D eigenvalue weighted by molar-refractivity contribution is -0.138. The number of hydrogen-bond donors (Lipinski definition) is 1. The van der Waals surface area contributed by atoms with E-state index in [9.17, 15) is 4.79 Å². The molecular weight excluding hydrogens is 180 g/mol. The Morgan fingerprint density at radius 1 is 1.71 bits per heavy atom. The molecule has 0 aromatic rings. The van der Waals surface area contributed by atoms with Crippen molar-refractivity contribution in [1.82, 2.24) is 4.90 Å². The molecule has 82 valence electrons. The Morgan fingerprint density at radius 3 is 2.93 bits per heavy atom. The number of nitrogens with zero attached hydrogens (tertiary/aromatic N) is 1. The summed E-state index contributed by atoms with van der Waals surface area (Å²) < 4.78 is 5.28. The molecule has 4 heteroatoms. The van der Waals surface area contributed by atoms with Crippen molar-refractivity contribution >= 4 is 5.91 Å². The molecule has 2 atom stereocenters. The van der Waals surface area contributed by atoms with Crippen LogP contribution in [0.5, 0.6) is 0 Å². The Balaban J connectivity index is 2.38. The summed E-state index contributed by atoms with van der Waals surface area (Å²) >= 11 is 0. The first-order valence-corrected chi connectivity index (χ1v) is 5.19. The van der Waals surface area contributed by atoms with Gasteiger partial charge in [-0.25, -0.2) is 0 Å². The molecule has 0 spiro atoms. The molecule has 0 aromatic carbocycles. The molecule has 4 nitrogen and oxygen atoms in total. The van der Waals surface area contributed by atoms with Crippen LogP contribution in [0.15, 0.2) is 0 Å². The molecule has 1 heterocycles. The SMILES string of the molecule is CC(N)CN(C)C(=O)C1CCCOC1. The van der Waals surface area contributed by atoms with Crippen LogP contribution in [-0.4, -0.2) is 43.7 Å². The highest BCUT2D eigenvalue weighted by molar-refractivity contribution is 5.78. The molecule has 1 aliphatic rings. The highest BCUT2D eigenvalue weighted by atomic mass is 16.5. The Labute approximate surface area is 85.4 Å². The molecule has 2 unspecified atom stereocenters. The van der Waals surface area contributed by atoms with Gasteiger partial charge in [0.2, 0.25) is 5.91 Å². The molecule has 0 radical (unpaired) electrons. The zero-order valence-corrected chi connectivity index (χ0v) is 9.03. The van der Waals surface area contributed by atoms with E-state index in [1.165, 1.54) is 0 Å². The van der Waals surface area contributed by atoms with Gasteiger partial charge >= 0.3 is 0 Å². The molecule has 0 aromatic heterocycles. The van der Waals surface area contributed by atoms with Crippen molar-refractivity contribution in [2.45, 2.75) is 25.8 Å². The summed E-state index contributed by atoms with van der Waals surface area (Å²) in [5, 5.41) is 0. The van der Waals surface area contributed by atoms with E-state index in [-0.39, 0.29) is 17.9 Å². The van der Waals surface area contributed by atoms with Gasteiger partial charge in [0.15, 0.2) is 0 Å². The fraction of sp³-hybridized carbons (Fsp3) is 0.900. The molecule has 1 amide bonds. The monoisotopic (exact) mass is 200 g/mol. The Kier molecular flexibility index (Phi) is 4.35. The van der Waals surface area contributed by atoms with Crippen LogP contribution >= 0.6 is 0 Å². The number of hydrogen-bond acceptors (Lipinski definition) is 3. The Bertz CT molecular complexity index is 189. The van der Waals surface area contributed by atoms with Crippen LogP contribution in [0, 0.1) is 5.92 Å². The fourth-order valence-electron chi connectivity index (χ4n) is 1.77. The zero-order chi connectivity index (χ0) is 10.6. The Morgan fingerprint density at radius 2 is 2.43 bits per heavy atom. The van der Waals surface area contributed by atoms with Crippen LogP contribution in [0.25, 0.3) is 0 Å². The summed E-state index contributed by atoms with van der Waals surface area (Å²) in [6.07, 6.45) is 1.94. The lowest BCUT2D eigenvalue weighted by Crippen LogP contribution is -2.42. The van der Waals surface area contributed by atoms with Crippen LogP contribution in [0.2, 0.25) is 0 Å². The topological polar surface area (TPSA) is 55.6 Å². The molecule has 0 aliphatic carbocycles. The number of carbonyl (C=O) groups excluding carboxylic acids is 1. The van der Waals surface area contributed by atoms with Gasteiger partial charge in [0.05, 0.1) is 12.5 Å². The number of rotatable bonds is 3. The molecule has 2 N–H and O–H groups in total. The smallest absolute Gasteiger partial charge is 0.227 e. The van der Waals surface area contributed by atoms with Gasteiger partial charge in [-0.1, -0.05) is 0 Å². The van der Waals surface area contributed by atoms with Crippen LogP contribution in [0.3, 0.4) is 0 Å². The van der Waals surface area contributed by atoms with Gasteiger partial charge in [-0.3, -0.25) is 4.79 Å². The largest absolute Gasteiger partial charge is 0.381 e. The highest BCUT2D eigenvalue weighted by Gasteiger charge is 2.24. The third-order valence-electron chi connectivity index (χ3n) is 2.45. The lowest BCUT2D eigenvalue weighted by Gasteiger charge is -2.27. The van der Waals surface area contributed by atoms with Crippen LogP contribution in [0.1, 0.15) is 19.8 Å². The second-order valence-electron chi connectivity index (χ2n) is 4.11. The van der Waals surface area contributed by atoms with Crippen molar-refractivity contribution in [3.05, 3.63) is 0 Å². The van der Waals surface area contributed by atoms with E-state index in [0.717, 1.165) is 19.4 Å². The average molecular weight is 200 g/mol. The maximum Gasteiger partial charge on any atom is 0.227 e. The molecule has 0 bridgehead atoms. The van der Waals surface area contributed by atoms with Crippen LogP contribution in [-0.2, 0) is 9.53 Å². The van der Waals surface area contributed by atoms with Gasteiger partial charge in [-0.2, -0.15) is 0 Å². The normalized spacial score (nSPS) is 24.4. The minimum Gasteiger partial charge on any atom is -0.381 e. The van der Waals surface area contributed by atoms with Gasteiger partial charge in [0.1, 0.15) is 0 Å². The Hall–Kier alpha value is -0.610. The first-order chi connectivity index (χ1) is 6.61. The van der Waals surface area contributed by atoms with Gasteiger partial charge < -0.3 is 15.4 Å². The maximum absolute atomic E-state index is 11.8. The van der Waals surface area contributed by atoms with E-state index < -0.39 is 0 Å². The van der Waals surface area contributed by atoms with Crippen molar-refractivity contribution in [2.24, 2.45) is 11.7 Å². The number of amides is 1. The number of ether oxygens (including phenoxy) is 1. The van der Waals surface area contributed by atoms with E-state index in [1.807, 2.05) is 6.92 Å². The molecular formula is C10H20N2O2. The number of carbonyl (C=O) groups is 1. The molecule has 14 heavy (non-hydrogen) atoms. The summed E-state index contributed by atoms with van der Waals surface area (Å²) in [7, 11) is 1.81. The second kappa shape index (κ2) is 5.32. The summed E-state index contributed by atoms with van der Waals surface area (Å²) in [4.78, 5) is 13.5. The van der Waals surface area contributed by atoms with Gasteiger partial charge in [-0.15, -0.1) is 0 Å². The first kappa shape index (κ1) is 11.5. The van der Waals surface area contributed by atoms with Gasteiger partial charge in [-0.05, 0) is 19.8 Å². The number of nitrogens with two attached hydrogens (primary N) is 1. The predicted octanol–water partition coefficient (Wildman–Crippen LogP) is 0.219. The lowest BCUT2D eigenvalue weighted by atomic mass is 10.0. The van der Waals surface area contributed by atoms with E-state index >= 15 is 0 Å². The average Bonchev–Trinajstić information content (AvgIpc) is 2.17. The molecule has 0 saturated carbocycles. The summed E-state index contributed by atoms with van der Waals surface area (Å²) in [5.41, 5.74) is 5.64. The van der Waals surface area contributed by atoms with E-state index in [2.05, 4.69) is 0 Å². The van der Waals surface area contributed by atoms with Crippen LogP contribution < -0.4 is 5.73 Å². The highest BCUT2D eigenvalue weighted by Crippen LogP contribution is 2.15. The molecule has 1 fully saturated rings. The maximum atomic E-state index is 11.8. The fourth-order valence-corrected chi connectivity index (χ4v) is 1.77.